The van der Waals surface area contributed by atoms with Crippen LogP contribution in [0.15, 0.2) is 18.2 Å². The molecule has 0 aromatic heterocycles. The summed E-state index contributed by atoms with van der Waals surface area (Å²) in [6.45, 7) is 5.18. The van der Waals surface area contributed by atoms with E-state index in [1.807, 2.05) is 49.9 Å². The molecule has 1 aromatic rings. The molecule has 0 radical (unpaired) electrons. The molecule has 110 valence electrons. The second-order valence-corrected chi connectivity index (χ2v) is 5.62. The fourth-order valence-corrected chi connectivity index (χ4v) is 2.46. The molecule has 0 aliphatic carbocycles. The normalized spacial score (nSPS) is 22.7. The van der Waals surface area contributed by atoms with Gasteiger partial charge in [-0.25, -0.2) is 0 Å². The van der Waals surface area contributed by atoms with E-state index in [0.717, 1.165) is 5.69 Å². The van der Waals surface area contributed by atoms with Gasteiger partial charge in [0.1, 0.15) is 0 Å². The quantitative estimate of drug-likeness (QED) is 0.834. The van der Waals surface area contributed by atoms with Crippen molar-refractivity contribution >= 4 is 17.3 Å². The van der Waals surface area contributed by atoms with E-state index in [9.17, 15) is 4.79 Å². The van der Waals surface area contributed by atoms with Crippen LogP contribution in [0.5, 0.6) is 0 Å². The summed E-state index contributed by atoms with van der Waals surface area (Å²) >= 11 is 0. The molecule has 0 bridgehead atoms. The Bertz CT molecular complexity index is 502. The van der Waals surface area contributed by atoms with Crippen LogP contribution in [0.2, 0.25) is 0 Å². The maximum atomic E-state index is 12.8. The van der Waals surface area contributed by atoms with Gasteiger partial charge in [0, 0.05) is 32.0 Å². The van der Waals surface area contributed by atoms with Crippen LogP contribution in [0.1, 0.15) is 24.2 Å². The molecule has 2 atom stereocenters. The van der Waals surface area contributed by atoms with Crippen molar-refractivity contribution < 1.29 is 9.53 Å². The highest BCUT2D eigenvalue weighted by molar-refractivity contribution is 6.01. The molecule has 5 heteroatoms. The van der Waals surface area contributed by atoms with E-state index in [0.29, 0.717) is 24.4 Å². The third-order valence-electron chi connectivity index (χ3n) is 3.60. The molecule has 1 aliphatic rings. The van der Waals surface area contributed by atoms with Crippen molar-refractivity contribution in [1.82, 2.24) is 4.90 Å². The summed E-state index contributed by atoms with van der Waals surface area (Å²) in [6.07, 6.45) is 0.0685. The van der Waals surface area contributed by atoms with Crippen molar-refractivity contribution in [3.8, 4) is 0 Å². The lowest BCUT2D eigenvalue weighted by atomic mass is 10.1. The molecule has 5 nitrogen and oxygen atoms in total. The van der Waals surface area contributed by atoms with Crippen LogP contribution in [-0.4, -0.2) is 50.2 Å². The highest BCUT2D eigenvalue weighted by Gasteiger charge is 2.29. The van der Waals surface area contributed by atoms with Gasteiger partial charge in [-0.1, -0.05) is 0 Å². The van der Waals surface area contributed by atoms with Gasteiger partial charge in [-0.05, 0) is 32.0 Å². The van der Waals surface area contributed by atoms with Crippen LogP contribution in [0.3, 0.4) is 0 Å². The molecule has 2 unspecified atom stereocenters. The smallest absolute Gasteiger partial charge is 0.256 e. The SMILES string of the molecule is CC1CN(C(=O)c2cc(N)ccc2N(C)C)C(C)CO1. The minimum absolute atomic E-state index is 0.0173. The number of morpholine rings is 1. The summed E-state index contributed by atoms with van der Waals surface area (Å²) in [6, 6.07) is 5.54. The van der Waals surface area contributed by atoms with E-state index in [2.05, 4.69) is 0 Å². The lowest BCUT2D eigenvalue weighted by molar-refractivity contribution is -0.0386. The maximum Gasteiger partial charge on any atom is 0.256 e. The number of ether oxygens (including phenoxy) is 1. The molecular weight excluding hydrogens is 254 g/mol. The lowest BCUT2D eigenvalue weighted by Gasteiger charge is -2.37. The highest BCUT2D eigenvalue weighted by atomic mass is 16.5. The number of benzene rings is 1. The van der Waals surface area contributed by atoms with Crippen molar-refractivity contribution in [2.45, 2.75) is 26.0 Å². The largest absolute Gasteiger partial charge is 0.399 e. The second kappa shape index (κ2) is 5.71. The summed E-state index contributed by atoms with van der Waals surface area (Å²) in [5, 5.41) is 0. The van der Waals surface area contributed by atoms with E-state index in [1.165, 1.54) is 0 Å². The standard InChI is InChI=1S/C15H23N3O2/c1-10-9-20-11(2)8-18(10)15(19)13-7-12(16)5-6-14(13)17(3)4/h5-7,10-11H,8-9,16H2,1-4H3. The van der Waals surface area contributed by atoms with Crippen LogP contribution in [0, 0.1) is 0 Å². The topological polar surface area (TPSA) is 58.8 Å². The number of carbonyl (C=O) groups is 1. The number of rotatable bonds is 2. The number of hydrogen-bond acceptors (Lipinski definition) is 4. The number of nitrogen functional groups attached to an aromatic ring is 1. The van der Waals surface area contributed by atoms with Gasteiger partial charge in [-0.2, -0.15) is 0 Å². The Morgan fingerprint density at radius 1 is 1.40 bits per heavy atom. The Kier molecular flexibility index (Phi) is 4.18. The Morgan fingerprint density at radius 3 is 2.75 bits per heavy atom. The first kappa shape index (κ1) is 14.7. The highest BCUT2D eigenvalue weighted by Crippen LogP contribution is 2.25. The van der Waals surface area contributed by atoms with Gasteiger partial charge in [0.2, 0.25) is 0 Å². The monoisotopic (exact) mass is 277 g/mol. The predicted octanol–water partition coefficient (Wildman–Crippen LogP) is 1.58. The molecule has 2 rings (SSSR count). The Hall–Kier alpha value is -1.75. The molecule has 0 spiro atoms. The third-order valence-corrected chi connectivity index (χ3v) is 3.60. The third kappa shape index (κ3) is 2.88. The van der Waals surface area contributed by atoms with Gasteiger partial charge in [-0.3, -0.25) is 4.79 Å². The minimum Gasteiger partial charge on any atom is -0.399 e. The van der Waals surface area contributed by atoms with Crippen molar-refractivity contribution in [2.24, 2.45) is 0 Å². The Balaban J connectivity index is 2.34. The van der Waals surface area contributed by atoms with Crippen molar-refractivity contribution in [3.63, 3.8) is 0 Å². The first-order chi connectivity index (χ1) is 9.40. The van der Waals surface area contributed by atoms with Gasteiger partial charge in [0.25, 0.3) is 5.91 Å². The van der Waals surface area contributed by atoms with E-state index in [-0.39, 0.29) is 18.1 Å². The fourth-order valence-electron chi connectivity index (χ4n) is 2.46. The van der Waals surface area contributed by atoms with Gasteiger partial charge < -0.3 is 20.3 Å². The van der Waals surface area contributed by atoms with Crippen LogP contribution in [0.4, 0.5) is 11.4 Å². The summed E-state index contributed by atoms with van der Waals surface area (Å²) in [5.41, 5.74) is 7.98. The molecule has 1 saturated heterocycles. The number of hydrogen-bond donors (Lipinski definition) is 1. The summed E-state index contributed by atoms with van der Waals surface area (Å²) < 4.78 is 5.58. The molecule has 2 N–H and O–H groups in total. The molecule has 1 amide bonds. The summed E-state index contributed by atoms with van der Waals surface area (Å²) in [4.78, 5) is 16.6. The van der Waals surface area contributed by atoms with Crippen LogP contribution >= 0.6 is 0 Å². The molecule has 20 heavy (non-hydrogen) atoms. The lowest BCUT2D eigenvalue weighted by Crippen LogP contribution is -2.50. The van der Waals surface area contributed by atoms with E-state index >= 15 is 0 Å². The minimum atomic E-state index is 0.0173. The Morgan fingerprint density at radius 2 is 2.10 bits per heavy atom. The average Bonchev–Trinajstić information content (AvgIpc) is 2.40. The number of carbonyl (C=O) groups excluding carboxylic acids is 1. The van der Waals surface area contributed by atoms with Crippen LogP contribution in [0.25, 0.3) is 0 Å². The zero-order valence-corrected chi connectivity index (χ0v) is 12.6. The molecule has 1 heterocycles. The van der Waals surface area contributed by atoms with Gasteiger partial charge in [-0.15, -0.1) is 0 Å². The molecule has 1 fully saturated rings. The van der Waals surface area contributed by atoms with Crippen LogP contribution in [-0.2, 0) is 4.74 Å². The van der Waals surface area contributed by atoms with Gasteiger partial charge >= 0.3 is 0 Å². The number of amides is 1. The first-order valence-electron chi connectivity index (χ1n) is 6.89. The van der Waals surface area contributed by atoms with E-state index in [1.54, 1.807) is 6.07 Å². The summed E-state index contributed by atoms with van der Waals surface area (Å²) in [7, 11) is 3.85. The van der Waals surface area contributed by atoms with Gasteiger partial charge in [0.15, 0.2) is 0 Å². The molecular formula is C15H23N3O2. The first-order valence-corrected chi connectivity index (χ1v) is 6.89. The Labute approximate surface area is 120 Å². The number of nitrogens with two attached hydrogens (primary N) is 1. The predicted molar refractivity (Wildman–Crippen MR) is 81.1 cm³/mol. The van der Waals surface area contributed by atoms with Crippen molar-refractivity contribution in [1.29, 1.82) is 0 Å². The van der Waals surface area contributed by atoms with E-state index in [4.69, 9.17) is 10.5 Å². The molecule has 0 saturated carbocycles. The number of anilines is 2. The fraction of sp³-hybridized carbons (Fsp3) is 0.533. The second-order valence-electron chi connectivity index (χ2n) is 5.62. The van der Waals surface area contributed by atoms with Crippen molar-refractivity contribution in [3.05, 3.63) is 23.8 Å². The van der Waals surface area contributed by atoms with E-state index < -0.39 is 0 Å². The summed E-state index contributed by atoms with van der Waals surface area (Å²) in [5.74, 6) is 0.0173. The number of nitrogens with zero attached hydrogens (tertiary/aromatic N) is 2. The molecule has 1 aromatic carbocycles. The average molecular weight is 277 g/mol. The zero-order chi connectivity index (χ0) is 14.9. The van der Waals surface area contributed by atoms with Gasteiger partial charge in [0.05, 0.1) is 24.3 Å². The van der Waals surface area contributed by atoms with Crippen molar-refractivity contribution in [2.75, 3.05) is 37.9 Å². The molecule has 1 aliphatic heterocycles. The van der Waals surface area contributed by atoms with Crippen LogP contribution < -0.4 is 10.6 Å². The maximum absolute atomic E-state index is 12.8. The zero-order valence-electron chi connectivity index (χ0n) is 12.6.